The van der Waals surface area contributed by atoms with Crippen LogP contribution < -0.4 is 10.6 Å². The third-order valence-electron chi connectivity index (χ3n) is 1.93. The van der Waals surface area contributed by atoms with E-state index in [0.29, 0.717) is 18.9 Å². The molecular formula is C8H9BrN4O. The summed E-state index contributed by atoms with van der Waals surface area (Å²) in [6.45, 7) is 0.637. The lowest BCUT2D eigenvalue weighted by Gasteiger charge is -2.09. The molecular weight excluding hydrogens is 248 g/mol. The van der Waals surface area contributed by atoms with E-state index in [2.05, 4.69) is 36.5 Å². The first-order chi connectivity index (χ1) is 6.74. The molecule has 2 rings (SSSR count). The van der Waals surface area contributed by atoms with Crippen LogP contribution in [0.5, 0.6) is 0 Å². The predicted octanol–water partition coefficient (Wildman–Crippen LogP) is 0.540. The number of nitrogens with zero attached hydrogens (tertiary/aromatic N) is 2. The van der Waals surface area contributed by atoms with Crippen molar-refractivity contribution in [2.45, 2.75) is 12.5 Å². The number of aromatic nitrogens is 2. The SMILES string of the molecule is O=C1CC(Nc2ncc(Br)cn2)CN1. The minimum atomic E-state index is 0.0691. The Kier molecular flexibility index (Phi) is 2.62. The van der Waals surface area contributed by atoms with E-state index in [1.54, 1.807) is 12.4 Å². The zero-order chi connectivity index (χ0) is 9.97. The normalized spacial score (nSPS) is 20.6. The first-order valence-electron chi connectivity index (χ1n) is 4.25. The highest BCUT2D eigenvalue weighted by Gasteiger charge is 2.21. The standard InChI is InChI=1S/C8H9BrN4O/c9-5-2-11-8(12-3-5)13-6-1-7(14)10-4-6/h2-3,6H,1,4H2,(H,10,14)(H,11,12,13). The van der Waals surface area contributed by atoms with Crippen molar-refractivity contribution < 1.29 is 4.79 Å². The molecule has 1 saturated heterocycles. The molecule has 14 heavy (non-hydrogen) atoms. The molecule has 0 bridgehead atoms. The van der Waals surface area contributed by atoms with Crippen LogP contribution in [0.3, 0.4) is 0 Å². The fourth-order valence-corrected chi connectivity index (χ4v) is 1.48. The number of hydrogen-bond donors (Lipinski definition) is 2. The summed E-state index contributed by atoms with van der Waals surface area (Å²) in [4.78, 5) is 19.0. The van der Waals surface area contributed by atoms with Crippen molar-refractivity contribution in [3.8, 4) is 0 Å². The molecule has 1 atom stereocenters. The van der Waals surface area contributed by atoms with Gasteiger partial charge in [0.25, 0.3) is 0 Å². The topological polar surface area (TPSA) is 66.9 Å². The lowest BCUT2D eigenvalue weighted by molar-refractivity contribution is -0.119. The maximum absolute atomic E-state index is 10.9. The average Bonchev–Trinajstić information content (AvgIpc) is 2.56. The summed E-state index contributed by atoms with van der Waals surface area (Å²) in [5, 5.41) is 5.81. The summed E-state index contributed by atoms with van der Waals surface area (Å²) in [5.41, 5.74) is 0. The van der Waals surface area contributed by atoms with Gasteiger partial charge in [0, 0.05) is 25.4 Å². The molecule has 0 saturated carbocycles. The fourth-order valence-electron chi connectivity index (χ4n) is 1.28. The molecule has 6 heteroatoms. The number of amides is 1. The quantitative estimate of drug-likeness (QED) is 0.811. The van der Waals surface area contributed by atoms with Gasteiger partial charge in [0.2, 0.25) is 11.9 Å². The maximum Gasteiger partial charge on any atom is 0.222 e. The molecule has 1 fully saturated rings. The van der Waals surface area contributed by atoms with Crippen LogP contribution in [0, 0.1) is 0 Å². The van der Waals surface area contributed by atoms with Crippen LogP contribution in [-0.2, 0) is 4.79 Å². The second-order valence-corrected chi connectivity index (χ2v) is 3.99. The zero-order valence-corrected chi connectivity index (χ0v) is 8.91. The van der Waals surface area contributed by atoms with Crippen LogP contribution in [-0.4, -0.2) is 28.5 Å². The molecule has 0 aliphatic carbocycles. The first kappa shape index (κ1) is 9.39. The largest absolute Gasteiger partial charge is 0.354 e. The van der Waals surface area contributed by atoms with Crippen LogP contribution in [0.4, 0.5) is 5.95 Å². The van der Waals surface area contributed by atoms with Gasteiger partial charge in [-0.15, -0.1) is 0 Å². The lowest BCUT2D eigenvalue weighted by atomic mass is 10.3. The van der Waals surface area contributed by atoms with E-state index in [1.807, 2.05) is 0 Å². The highest BCUT2D eigenvalue weighted by atomic mass is 79.9. The number of carbonyl (C=O) groups excluding carboxylic acids is 1. The Hall–Kier alpha value is -1.17. The number of rotatable bonds is 2. The maximum atomic E-state index is 10.9. The molecule has 1 aliphatic rings. The van der Waals surface area contributed by atoms with Crippen LogP contribution in [0.25, 0.3) is 0 Å². The van der Waals surface area contributed by atoms with E-state index in [-0.39, 0.29) is 11.9 Å². The van der Waals surface area contributed by atoms with E-state index in [1.165, 1.54) is 0 Å². The second kappa shape index (κ2) is 3.91. The zero-order valence-electron chi connectivity index (χ0n) is 7.33. The van der Waals surface area contributed by atoms with E-state index in [4.69, 9.17) is 0 Å². The average molecular weight is 257 g/mol. The predicted molar refractivity (Wildman–Crippen MR) is 54.8 cm³/mol. The molecule has 1 aliphatic heterocycles. The van der Waals surface area contributed by atoms with Crippen molar-refractivity contribution in [2.75, 3.05) is 11.9 Å². The third kappa shape index (κ3) is 2.20. The highest BCUT2D eigenvalue weighted by Crippen LogP contribution is 2.09. The Morgan fingerprint density at radius 1 is 1.50 bits per heavy atom. The number of anilines is 1. The van der Waals surface area contributed by atoms with Crippen molar-refractivity contribution in [3.63, 3.8) is 0 Å². The molecule has 2 heterocycles. The fraction of sp³-hybridized carbons (Fsp3) is 0.375. The number of carbonyl (C=O) groups is 1. The Morgan fingerprint density at radius 3 is 2.79 bits per heavy atom. The number of halogens is 1. The van der Waals surface area contributed by atoms with Gasteiger partial charge in [-0.2, -0.15) is 0 Å². The van der Waals surface area contributed by atoms with E-state index >= 15 is 0 Å². The molecule has 0 radical (unpaired) electrons. The van der Waals surface area contributed by atoms with Crippen molar-refractivity contribution in [2.24, 2.45) is 0 Å². The van der Waals surface area contributed by atoms with Gasteiger partial charge in [0.15, 0.2) is 0 Å². The van der Waals surface area contributed by atoms with Gasteiger partial charge < -0.3 is 10.6 Å². The summed E-state index contributed by atoms with van der Waals surface area (Å²) >= 11 is 3.25. The minimum Gasteiger partial charge on any atom is -0.354 e. The summed E-state index contributed by atoms with van der Waals surface area (Å²) in [6.07, 6.45) is 3.82. The summed E-state index contributed by atoms with van der Waals surface area (Å²) < 4.78 is 0.837. The van der Waals surface area contributed by atoms with Crippen molar-refractivity contribution in [3.05, 3.63) is 16.9 Å². The van der Waals surface area contributed by atoms with Gasteiger partial charge in [0.05, 0.1) is 10.5 Å². The third-order valence-corrected chi connectivity index (χ3v) is 2.34. The Labute approximate surface area is 89.5 Å². The summed E-state index contributed by atoms with van der Waals surface area (Å²) in [5.74, 6) is 0.620. The second-order valence-electron chi connectivity index (χ2n) is 3.07. The summed E-state index contributed by atoms with van der Waals surface area (Å²) in [6, 6.07) is 0.101. The lowest BCUT2D eigenvalue weighted by Crippen LogP contribution is -2.23. The molecule has 1 amide bonds. The monoisotopic (exact) mass is 256 g/mol. The molecule has 0 spiro atoms. The van der Waals surface area contributed by atoms with Crippen LogP contribution in [0.1, 0.15) is 6.42 Å². The molecule has 1 aromatic rings. The first-order valence-corrected chi connectivity index (χ1v) is 5.04. The van der Waals surface area contributed by atoms with Crippen LogP contribution in [0.15, 0.2) is 16.9 Å². The minimum absolute atomic E-state index is 0.0691. The van der Waals surface area contributed by atoms with Gasteiger partial charge >= 0.3 is 0 Å². The Morgan fingerprint density at radius 2 is 2.21 bits per heavy atom. The Bertz CT molecular complexity index is 340. The molecule has 5 nitrogen and oxygen atoms in total. The van der Waals surface area contributed by atoms with Crippen molar-refractivity contribution in [1.82, 2.24) is 15.3 Å². The van der Waals surface area contributed by atoms with Gasteiger partial charge in [0.1, 0.15) is 0 Å². The molecule has 2 N–H and O–H groups in total. The van der Waals surface area contributed by atoms with E-state index < -0.39 is 0 Å². The molecule has 1 unspecified atom stereocenters. The van der Waals surface area contributed by atoms with E-state index in [0.717, 1.165) is 4.47 Å². The van der Waals surface area contributed by atoms with Crippen LogP contribution in [0.2, 0.25) is 0 Å². The highest BCUT2D eigenvalue weighted by molar-refractivity contribution is 9.10. The summed E-state index contributed by atoms with van der Waals surface area (Å²) in [7, 11) is 0. The smallest absolute Gasteiger partial charge is 0.222 e. The number of hydrogen-bond acceptors (Lipinski definition) is 4. The van der Waals surface area contributed by atoms with Crippen molar-refractivity contribution >= 4 is 27.8 Å². The molecule has 74 valence electrons. The van der Waals surface area contributed by atoms with Gasteiger partial charge in [-0.1, -0.05) is 0 Å². The molecule has 1 aromatic heterocycles. The van der Waals surface area contributed by atoms with Crippen molar-refractivity contribution in [1.29, 1.82) is 0 Å². The van der Waals surface area contributed by atoms with Gasteiger partial charge in [-0.3, -0.25) is 4.79 Å². The Balaban J connectivity index is 1.97. The van der Waals surface area contributed by atoms with E-state index in [9.17, 15) is 4.79 Å². The molecule has 0 aromatic carbocycles. The number of nitrogens with one attached hydrogen (secondary N) is 2. The van der Waals surface area contributed by atoms with Gasteiger partial charge in [-0.05, 0) is 15.9 Å². The van der Waals surface area contributed by atoms with Crippen LogP contribution >= 0.6 is 15.9 Å². The van der Waals surface area contributed by atoms with Gasteiger partial charge in [-0.25, -0.2) is 9.97 Å².